The number of halogens is 2. The molecule has 2 unspecified atom stereocenters. The Morgan fingerprint density at radius 1 is 1.47 bits per heavy atom. The highest BCUT2D eigenvalue weighted by Gasteiger charge is 2.27. The minimum Gasteiger partial charge on any atom is -0.329 e. The molecule has 1 aromatic rings. The molecule has 2 rings (SSSR count). The van der Waals surface area contributed by atoms with Crippen molar-refractivity contribution in [3.05, 3.63) is 34.6 Å². The van der Waals surface area contributed by atoms with E-state index in [1.807, 2.05) is 0 Å². The van der Waals surface area contributed by atoms with E-state index in [0.29, 0.717) is 17.6 Å². The number of nitrogens with zero attached hydrogens (tertiary/aromatic N) is 2. The number of nitrogens with two attached hydrogens (primary N) is 1. The Hall–Kier alpha value is -0.680. The van der Waals surface area contributed by atoms with Crippen LogP contribution in [-0.4, -0.2) is 49.1 Å². The number of hydrogen-bond acceptors (Lipinski definition) is 3. The minimum absolute atomic E-state index is 0.0595. The van der Waals surface area contributed by atoms with Crippen LogP contribution in [0.3, 0.4) is 0 Å². The van der Waals surface area contributed by atoms with Gasteiger partial charge in [0, 0.05) is 43.3 Å². The lowest BCUT2D eigenvalue weighted by Gasteiger charge is -2.41. The summed E-state index contributed by atoms with van der Waals surface area (Å²) < 4.78 is 13.1. The first kappa shape index (κ1) is 14.7. The third-order valence-corrected chi connectivity index (χ3v) is 4.30. The van der Waals surface area contributed by atoms with Gasteiger partial charge in [-0.05, 0) is 31.7 Å². The molecule has 1 heterocycles. The van der Waals surface area contributed by atoms with Crippen molar-refractivity contribution in [3.8, 4) is 0 Å². The van der Waals surface area contributed by atoms with E-state index in [1.165, 1.54) is 12.1 Å². The Labute approximate surface area is 119 Å². The molecule has 1 saturated heterocycles. The molecule has 0 radical (unpaired) electrons. The van der Waals surface area contributed by atoms with Crippen molar-refractivity contribution in [3.63, 3.8) is 0 Å². The maximum Gasteiger partial charge on any atom is 0.124 e. The molecule has 3 nitrogen and oxygen atoms in total. The minimum atomic E-state index is -0.309. The van der Waals surface area contributed by atoms with Crippen LogP contribution in [0, 0.1) is 5.82 Å². The van der Waals surface area contributed by atoms with E-state index in [0.717, 1.165) is 25.2 Å². The maximum absolute atomic E-state index is 13.1. The van der Waals surface area contributed by atoms with Crippen LogP contribution in [0.4, 0.5) is 4.39 Å². The van der Waals surface area contributed by atoms with Crippen molar-refractivity contribution in [2.75, 3.05) is 33.2 Å². The van der Waals surface area contributed by atoms with Crippen molar-refractivity contribution >= 4 is 11.6 Å². The van der Waals surface area contributed by atoms with E-state index in [-0.39, 0.29) is 11.9 Å². The van der Waals surface area contributed by atoms with Gasteiger partial charge in [0.15, 0.2) is 0 Å². The molecule has 0 amide bonds. The van der Waals surface area contributed by atoms with Gasteiger partial charge in [-0.25, -0.2) is 4.39 Å². The highest BCUT2D eigenvalue weighted by atomic mass is 35.5. The summed E-state index contributed by atoms with van der Waals surface area (Å²) in [6.07, 6.45) is 0. The summed E-state index contributed by atoms with van der Waals surface area (Å²) >= 11 is 6.15. The number of likely N-dealkylation sites (N-methyl/N-ethyl adjacent to an activating group) is 1. The molecule has 1 aromatic carbocycles. The molecule has 106 valence electrons. The summed E-state index contributed by atoms with van der Waals surface area (Å²) in [5.74, 6) is -0.309. The first-order valence-corrected chi connectivity index (χ1v) is 7.00. The second-order valence-corrected chi connectivity index (χ2v) is 5.65. The highest BCUT2D eigenvalue weighted by molar-refractivity contribution is 6.31. The Morgan fingerprint density at radius 2 is 2.21 bits per heavy atom. The SMILES string of the molecule is CC1CN(C(CN)c2ccc(F)cc2Cl)CCN1C. The van der Waals surface area contributed by atoms with E-state index in [4.69, 9.17) is 17.3 Å². The summed E-state index contributed by atoms with van der Waals surface area (Å²) in [5, 5.41) is 0.460. The zero-order valence-corrected chi connectivity index (χ0v) is 12.2. The molecule has 1 aliphatic heterocycles. The molecule has 0 aliphatic carbocycles. The van der Waals surface area contributed by atoms with E-state index in [2.05, 4.69) is 23.8 Å². The van der Waals surface area contributed by atoms with Crippen molar-refractivity contribution in [2.45, 2.75) is 19.0 Å². The van der Waals surface area contributed by atoms with Crippen LogP contribution >= 0.6 is 11.6 Å². The zero-order chi connectivity index (χ0) is 14.0. The smallest absolute Gasteiger partial charge is 0.124 e. The Balaban J connectivity index is 2.20. The van der Waals surface area contributed by atoms with E-state index in [9.17, 15) is 4.39 Å². The first-order valence-electron chi connectivity index (χ1n) is 6.62. The topological polar surface area (TPSA) is 32.5 Å². The van der Waals surface area contributed by atoms with E-state index in [1.54, 1.807) is 6.07 Å². The lowest BCUT2D eigenvalue weighted by Crippen LogP contribution is -2.52. The summed E-state index contributed by atoms with van der Waals surface area (Å²) in [6.45, 7) is 5.60. The third-order valence-electron chi connectivity index (χ3n) is 3.98. The molecule has 2 atom stereocenters. The average molecular weight is 286 g/mol. The molecule has 5 heteroatoms. The molecular formula is C14H21ClFN3. The van der Waals surface area contributed by atoms with Crippen molar-refractivity contribution < 1.29 is 4.39 Å². The van der Waals surface area contributed by atoms with E-state index < -0.39 is 0 Å². The van der Waals surface area contributed by atoms with Gasteiger partial charge in [-0.1, -0.05) is 17.7 Å². The Kier molecular flexibility index (Phi) is 4.79. The number of hydrogen-bond donors (Lipinski definition) is 1. The summed E-state index contributed by atoms with van der Waals surface area (Å²) in [6, 6.07) is 5.10. The van der Waals surface area contributed by atoms with Crippen molar-refractivity contribution in [1.29, 1.82) is 0 Å². The molecule has 1 aliphatic rings. The van der Waals surface area contributed by atoms with Gasteiger partial charge in [0.1, 0.15) is 5.82 Å². The Morgan fingerprint density at radius 3 is 2.79 bits per heavy atom. The van der Waals surface area contributed by atoms with Gasteiger partial charge in [-0.3, -0.25) is 4.90 Å². The molecule has 0 spiro atoms. The third kappa shape index (κ3) is 3.26. The molecule has 1 fully saturated rings. The first-order chi connectivity index (χ1) is 9.02. The monoisotopic (exact) mass is 285 g/mol. The van der Waals surface area contributed by atoms with Gasteiger partial charge < -0.3 is 10.6 Å². The maximum atomic E-state index is 13.1. The number of rotatable bonds is 3. The van der Waals surface area contributed by atoms with Crippen LogP contribution in [-0.2, 0) is 0 Å². The second kappa shape index (κ2) is 6.18. The molecule has 0 aromatic heterocycles. The highest BCUT2D eigenvalue weighted by Crippen LogP contribution is 2.29. The zero-order valence-electron chi connectivity index (χ0n) is 11.4. The summed E-state index contributed by atoms with van der Waals surface area (Å²) in [7, 11) is 2.13. The fourth-order valence-corrected chi connectivity index (χ4v) is 2.90. The number of piperazine rings is 1. The van der Waals surface area contributed by atoms with Crippen LogP contribution in [0.25, 0.3) is 0 Å². The lowest BCUT2D eigenvalue weighted by atomic mass is 10.0. The van der Waals surface area contributed by atoms with Crippen molar-refractivity contribution in [1.82, 2.24) is 9.80 Å². The van der Waals surface area contributed by atoms with Gasteiger partial charge in [0.2, 0.25) is 0 Å². The van der Waals surface area contributed by atoms with E-state index >= 15 is 0 Å². The van der Waals surface area contributed by atoms with Crippen LogP contribution in [0.1, 0.15) is 18.5 Å². The largest absolute Gasteiger partial charge is 0.329 e. The van der Waals surface area contributed by atoms with Crippen molar-refractivity contribution in [2.24, 2.45) is 5.73 Å². The van der Waals surface area contributed by atoms with Crippen LogP contribution in [0.15, 0.2) is 18.2 Å². The normalized spacial score (nSPS) is 23.5. The average Bonchev–Trinajstić information content (AvgIpc) is 2.37. The molecule has 0 bridgehead atoms. The number of benzene rings is 1. The van der Waals surface area contributed by atoms with Gasteiger partial charge in [-0.2, -0.15) is 0 Å². The van der Waals surface area contributed by atoms with Crippen LogP contribution < -0.4 is 5.73 Å². The standard InChI is InChI=1S/C14H21ClFN3/c1-10-9-19(6-5-18(10)2)14(8-17)12-4-3-11(16)7-13(12)15/h3-4,7,10,14H,5-6,8-9,17H2,1-2H3. The predicted octanol–water partition coefficient (Wildman–Crippen LogP) is 2.11. The van der Waals surface area contributed by atoms with Gasteiger partial charge in [0.25, 0.3) is 0 Å². The molecule has 0 saturated carbocycles. The van der Waals surface area contributed by atoms with Gasteiger partial charge in [0.05, 0.1) is 0 Å². The molecular weight excluding hydrogens is 265 g/mol. The molecule has 19 heavy (non-hydrogen) atoms. The fourth-order valence-electron chi connectivity index (χ4n) is 2.60. The second-order valence-electron chi connectivity index (χ2n) is 5.24. The molecule has 2 N–H and O–H groups in total. The van der Waals surface area contributed by atoms with Crippen LogP contribution in [0.2, 0.25) is 5.02 Å². The van der Waals surface area contributed by atoms with Gasteiger partial charge in [-0.15, -0.1) is 0 Å². The predicted molar refractivity (Wildman–Crippen MR) is 76.9 cm³/mol. The van der Waals surface area contributed by atoms with Gasteiger partial charge >= 0.3 is 0 Å². The lowest BCUT2D eigenvalue weighted by molar-refractivity contribution is 0.0741. The Bertz CT molecular complexity index is 441. The van der Waals surface area contributed by atoms with Crippen LogP contribution in [0.5, 0.6) is 0 Å². The fraction of sp³-hybridized carbons (Fsp3) is 0.571. The summed E-state index contributed by atoms with van der Waals surface area (Å²) in [4.78, 5) is 4.67. The quantitative estimate of drug-likeness (QED) is 0.923. The summed E-state index contributed by atoms with van der Waals surface area (Å²) in [5.41, 5.74) is 6.83.